The fourth-order valence-corrected chi connectivity index (χ4v) is 12.0. The third-order valence-electron chi connectivity index (χ3n) is 7.12. The van der Waals surface area contributed by atoms with Crippen LogP contribution in [0, 0.1) is 25.7 Å². The average molecular weight is 703 g/mol. The molecule has 3 atom stereocenters. The number of benzene rings is 3. The van der Waals surface area contributed by atoms with Gasteiger partial charge in [-0.3, -0.25) is 0 Å². The highest BCUT2D eigenvalue weighted by molar-refractivity contribution is 8.14. The van der Waals surface area contributed by atoms with Gasteiger partial charge in [-0.1, -0.05) is 74.4 Å². The van der Waals surface area contributed by atoms with Crippen molar-refractivity contribution >= 4 is 53.0 Å². The molecule has 0 aromatic heterocycles. The van der Waals surface area contributed by atoms with Crippen molar-refractivity contribution in [3.63, 3.8) is 0 Å². The Morgan fingerprint density at radius 2 is 1.05 bits per heavy atom. The first-order valence-corrected chi connectivity index (χ1v) is 21.5. The van der Waals surface area contributed by atoms with Crippen LogP contribution in [0.15, 0.2) is 93.5 Å². The summed E-state index contributed by atoms with van der Waals surface area (Å²) in [6.07, 6.45) is 3.68. The van der Waals surface area contributed by atoms with E-state index in [9.17, 15) is 25.3 Å². The molecule has 44 heavy (non-hydrogen) atoms. The van der Waals surface area contributed by atoms with Crippen LogP contribution in [0.2, 0.25) is 0 Å². The summed E-state index contributed by atoms with van der Waals surface area (Å²) in [5.74, 6) is 0.615. The molecule has 0 bridgehead atoms. The molecule has 4 rings (SSSR count). The molecular weight excluding hydrogens is 657 g/mol. The molecule has 0 spiro atoms. The van der Waals surface area contributed by atoms with Gasteiger partial charge in [0.05, 0.1) is 20.4 Å². The zero-order valence-electron chi connectivity index (χ0n) is 26.7. The van der Waals surface area contributed by atoms with Gasteiger partial charge in [-0.25, -0.2) is 25.3 Å². The molecule has 0 amide bonds. The maximum absolute atomic E-state index is 12.7. The minimum absolute atomic E-state index is 0.149. The first-order chi connectivity index (χ1) is 20.5. The summed E-state index contributed by atoms with van der Waals surface area (Å²) in [4.78, 5) is 1.27. The molecule has 0 aliphatic heterocycles. The molecule has 1 aliphatic rings. The van der Waals surface area contributed by atoms with Gasteiger partial charge in [-0.05, 0) is 81.5 Å². The predicted octanol–water partition coefficient (Wildman–Crippen LogP) is 6.68. The van der Waals surface area contributed by atoms with E-state index < -0.39 is 33.6 Å². The SMILES string of the molecule is CCO.CCS(=O)(=O)c1ccccc1.CSC1(S(=O)(=O)c2ccc(C)cc2)[C@H](C)[C@@H]1C.CSCS(=O)(=O)c1ccc(C)cc1. The lowest BCUT2D eigenvalue weighted by Gasteiger charge is -2.16. The van der Waals surface area contributed by atoms with Crippen molar-refractivity contribution in [1.82, 2.24) is 0 Å². The van der Waals surface area contributed by atoms with Gasteiger partial charge in [0.25, 0.3) is 0 Å². The number of thioether (sulfide) groups is 2. The predicted molar refractivity (Wildman–Crippen MR) is 187 cm³/mol. The normalized spacial score (nSPS) is 19.2. The number of hydrogen-bond donors (Lipinski definition) is 1. The molecule has 0 saturated heterocycles. The quantitative estimate of drug-likeness (QED) is 0.274. The fraction of sp³-hybridized carbons (Fsp3) is 0.438. The zero-order valence-corrected chi connectivity index (χ0v) is 30.8. The number of rotatable bonds is 8. The molecule has 246 valence electrons. The fourth-order valence-electron chi connectivity index (χ4n) is 4.34. The van der Waals surface area contributed by atoms with E-state index in [2.05, 4.69) is 0 Å². The third kappa shape index (κ3) is 10.3. The largest absolute Gasteiger partial charge is 0.397 e. The van der Waals surface area contributed by atoms with Gasteiger partial charge in [0.2, 0.25) is 0 Å². The Labute approximate surface area is 274 Å². The van der Waals surface area contributed by atoms with Crippen LogP contribution in [-0.2, 0) is 29.5 Å². The van der Waals surface area contributed by atoms with Crippen molar-refractivity contribution < 1.29 is 30.4 Å². The van der Waals surface area contributed by atoms with Crippen LogP contribution in [0.5, 0.6) is 0 Å². The molecule has 3 aromatic carbocycles. The Balaban J connectivity index is 0.000000323. The van der Waals surface area contributed by atoms with Crippen LogP contribution in [0.25, 0.3) is 0 Å². The Bertz CT molecular complexity index is 1590. The van der Waals surface area contributed by atoms with Gasteiger partial charge in [-0.15, -0.1) is 23.5 Å². The van der Waals surface area contributed by atoms with Crippen molar-refractivity contribution in [1.29, 1.82) is 0 Å². The van der Waals surface area contributed by atoms with E-state index in [0.29, 0.717) is 14.7 Å². The molecule has 1 unspecified atom stereocenters. The van der Waals surface area contributed by atoms with Gasteiger partial charge < -0.3 is 5.11 Å². The Hall–Kier alpha value is -1.83. The summed E-state index contributed by atoms with van der Waals surface area (Å²) >= 11 is 2.79. The molecule has 12 heteroatoms. The maximum atomic E-state index is 12.7. The van der Waals surface area contributed by atoms with Gasteiger partial charge in [0.1, 0.15) is 9.16 Å². The Morgan fingerprint density at radius 1 is 0.659 bits per heavy atom. The smallest absolute Gasteiger partial charge is 0.193 e. The first kappa shape index (κ1) is 40.2. The summed E-state index contributed by atoms with van der Waals surface area (Å²) in [5, 5.41) is 7.72. The van der Waals surface area contributed by atoms with Gasteiger partial charge in [-0.2, -0.15) is 0 Å². The lowest BCUT2D eigenvalue weighted by Crippen LogP contribution is -2.23. The van der Waals surface area contributed by atoms with Crippen LogP contribution in [-0.4, -0.2) is 64.4 Å². The second-order valence-corrected chi connectivity index (χ2v) is 19.2. The van der Waals surface area contributed by atoms with Crippen molar-refractivity contribution in [3.8, 4) is 0 Å². The van der Waals surface area contributed by atoms with Crippen LogP contribution >= 0.6 is 23.5 Å². The maximum Gasteiger partial charge on any atom is 0.193 e. The molecule has 1 fully saturated rings. The second kappa shape index (κ2) is 17.8. The summed E-state index contributed by atoms with van der Waals surface area (Å²) < 4.78 is 70.2. The standard InChI is InChI=1S/C13H18O2S2.C9H12O2S2.C8H10O2S.C2H6O/c1-9-5-7-12(8-6-9)17(14,15)13(16-4)10(2)11(13)3;1-8-3-5-9(6-4-8)13(10,11)7-12-2;1-2-11(9,10)8-6-4-3-5-7-8;1-2-3/h5-8,10-11H,1-4H3;3-6H,7H2,1-2H3;3-7H,2H2,1H3;3H,2H2,1H3/t10-,11+,13?;;;. The van der Waals surface area contributed by atoms with Crippen LogP contribution in [0.4, 0.5) is 0 Å². The second-order valence-electron chi connectivity index (χ2n) is 10.2. The minimum Gasteiger partial charge on any atom is -0.397 e. The van der Waals surface area contributed by atoms with E-state index in [-0.39, 0.29) is 29.3 Å². The number of aliphatic hydroxyl groups excluding tert-OH is 1. The zero-order chi connectivity index (χ0) is 33.8. The molecule has 7 nitrogen and oxygen atoms in total. The Morgan fingerprint density at radius 3 is 1.39 bits per heavy atom. The summed E-state index contributed by atoms with van der Waals surface area (Å²) in [7, 11) is -9.29. The Kier molecular flexibility index (Phi) is 16.2. The van der Waals surface area contributed by atoms with E-state index in [0.717, 1.165) is 11.1 Å². The molecule has 1 N–H and O–H groups in total. The summed E-state index contributed by atoms with van der Waals surface area (Å²) in [6.45, 7) is 11.5. The van der Waals surface area contributed by atoms with Crippen molar-refractivity contribution in [3.05, 3.63) is 90.0 Å². The lowest BCUT2D eigenvalue weighted by atomic mass is 10.2. The number of sulfone groups is 3. The van der Waals surface area contributed by atoms with Crippen molar-refractivity contribution in [2.24, 2.45) is 11.8 Å². The van der Waals surface area contributed by atoms with Gasteiger partial charge >= 0.3 is 0 Å². The van der Waals surface area contributed by atoms with E-state index in [1.807, 2.05) is 58.2 Å². The number of hydrogen-bond acceptors (Lipinski definition) is 9. The molecule has 3 aromatic rings. The first-order valence-electron chi connectivity index (χ1n) is 14.1. The highest BCUT2D eigenvalue weighted by Gasteiger charge is 2.68. The van der Waals surface area contributed by atoms with E-state index >= 15 is 0 Å². The van der Waals surface area contributed by atoms with Gasteiger partial charge in [0.15, 0.2) is 29.5 Å². The van der Waals surface area contributed by atoms with Crippen LogP contribution < -0.4 is 0 Å². The minimum atomic E-state index is -3.23. The number of aryl methyl sites for hydroxylation is 2. The van der Waals surface area contributed by atoms with Crippen LogP contribution in [0.1, 0.15) is 38.8 Å². The highest BCUT2D eigenvalue weighted by atomic mass is 32.3. The summed E-state index contributed by atoms with van der Waals surface area (Å²) in [6, 6.07) is 22.6. The highest BCUT2D eigenvalue weighted by Crippen LogP contribution is 2.63. The summed E-state index contributed by atoms with van der Waals surface area (Å²) in [5.41, 5.74) is 2.15. The molecule has 0 heterocycles. The van der Waals surface area contributed by atoms with Crippen molar-refractivity contribution in [2.75, 3.05) is 30.0 Å². The lowest BCUT2D eigenvalue weighted by molar-refractivity contribution is 0.318. The molecular formula is C32H46O7S5. The molecule has 1 saturated carbocycles. The van der Waals surface area contributed by atoms with E-state index in [1.54, 1.807) is 74.7 Å². The van der Waals surface area contributed by atoms with Gasteiger partial charge in [0, 0.05) is 6.61 Å². The number of aliphatic hydroxyl groups is 1. The van der Waals surface area contributed by atoms with Crippen LogP contribution in [0.3, 0.4) is 0 Å². The third-order valence-corrected chi connectivity index (χ3v) is 17.1. The monoisotopic (exact) mass is 702 g/mol. The van der Waals surface area contributed by atoms with E-state index in [4.69, 9.17) is 5.11 Å². The molecule has 1 aliphatic carbocycles. The topological polar surface area (TPSA) is 123 Å². The molecule has 0 radical (unpaired) electrons. The van der Waals surface area contributed by atoms with Crippen molar-refractivity contribution in [2.45, 2.75) is 60.3 Å². The van der Waals surface area contributed by atoms with E-state index in [1.165, 1.54) is 23.5 Å². The average Bonchev–Trinajstić information content (AvgIpc) is 3.55.